The number of carbonyl (C=O) groups excluding carboxylic acids is 1. The van der Waals surface area contributed by atoms with Gasteiger partial charge in [-0.2, -0.15) is 0 Å². The van der Waals surface area contributed by atoms with Crippen LogP contribution in [0.25, 0.3) is 0 Å². The summed E-state index contributed by atoms with van der Waals surface area (Å²) in [5.41, 5.74) is 0. The van der Waals surface area contributed by atoms with Gasteiger partial charge in [-0.3, -0.25) is 4.70 Å². The minimum Gasteiger partial charge on any atom is -0.463 e. The summed E-state index contributed by atoms with van der Waals surface area (Å²) in [6.45, 7) is 6.19. The summed E-state index contributed by atoms with van der Waals surface area (Å²) < 4.78 is 4.94. The van der Waals surface area contributed by atoms with E-state index < -0.39 is 0 Å². The third-order valence-electron chi connectivity index (χ3n) is 3.91. The van der Waals surface area contributed by atoms with E-state index in [1.807, 2.05) is 0 Å². The molecule has 0 aliphatic rings. The van der Waals surface area contributed by atoms with Crippen molar-refractivity contribution in [2.24, 2.45) is 0 Å². The van der Waals surface area contributed by atoms with Crippen molar-refractivity contribution < 1.29 is 14.2 Å². The maximum atomic E-state index is 10.8. The van der Waals surface area contributed by atoms with Crippen molar-refractivity contribution in [1.82, 2.24) is 0 Å². The molecule has 0 radical (unpaired) electrons. The zero-order chi connectivity index (χ0) is 15.6. The van der Waals surface area contributed by atoms with Gasteiger partial charge < -0.3 is 4.74 Å². The summed E-state index contributed by atoms with van der Waals surface area (Å²) in [6, 6.07) is 0. The van der Waals surface area contributed by atoms with Crippen LogP contribution in [0.3, 0.4) is 0 Å². The van der Waals surface area contributed by atoms with Gasteiger partial charge in [-0.15, -0.1) is 0 Å². The van der Waals surface area contributed by atoms with Gasteiger partial charge in [0.1, 0.15) is 0 Å². The second-order valence-corrected chi connectivity index (χ2v) is 5.97. The van der Waals surface area contributed by atoms with Gasteiger partial charge in [0.25, 0.3) is 0 Å². The van der Waals surface area contributed by atoms with Gasteiger partial charge in [0.15, 0.2) is 0 Å². The van der Waals surface area contributed by atoms with Crippen LogP contribution in [0.4, 0.5) is 4.70 Å². The van der Waals surface area contributed by atoms with Gasteiger partial charge in [-0.25, -0.2) is 4.79 Å². The summed E-state index contributed by atoms with van der Waals surface area (Å²) in [5.74, 6) is -0.301. The lowest BCUT2D eigenvalue weighted by Gasteiger charge is -2.03. The van der Waals surface area contributed by atoms with Crippen LogP contribution in [0, 0.1) is 0 Å². The molecule has 0 rings (SSSR count). The summed E-state index contributed by atoms with van der Waals surface area (Å²) in [6.07, 6.45) is 20.0. The Morgan fingerprint density at radius 1 is 0.773 bits per heavy atom. The SMILES string of the molecule is C=CC(=O)OCCCCCCCCCCCCCCCC.F. The average Bonchev–Trinajstić information content (AvgIpc) is 2.50. The predicted octanol–water partition coefficient (Wildman–Crippen LogP) is 6.35. The van der Waals surface area contributed by atoms with E-state index in [0.717, 1.165) is 6.42 Å². The molecular weight excluding hydrogens is 279 g/mol. The van der Waals surface area contributed by atoms with Crippen molar-refractivity contribution in [3.8, 4) is 0 Å². The Morgan fingerprint density at radius 3 is 1.50 bits per heavy atom. The van der Waals surface area contributed by atoms with Gasteiger partial charge >= 0.3 is 5.97 Å². The highest BCUT2D eigenvalue weighted by molar-refractivity contribution is 5.81. The molecule has 0 saturated carbocycles. The van der Waals surface area contributed by atoms with E-state index in [2.05, 4.69) is 13.5 Å². The van der Waals surface area contributed by atoms with Crippen LogP contribution in [-0.4, -0.2) is 12.6 Å². The van der Waals surface area contributed by atoms with E-state index in [0.29, 0.717) is 6.61 Å². The van der Waals surface area contributed by atoms with Crippen LogP contribution >= 0.6 is 0 Å². The number of ether oxygens (including phenoxy) is 1. The van der Waals surface area contributed by atoms with E-state index in [4.69, 9.17) is 4.74 Å². The Kier molecular flexibility index (Phi) is 21.4. The fourth-order valence-corrected chi connectivity index (χ4v) is 2.53. The first-order valence-corrected chi connectivity index (χ1v) is 9.10. The standard InChI is InChI=1S/C19H36O2.FH/c1-3-5-6-7-8-9-10-11-12-13-14-15-16-17-18-21-19(20)4-2;/h4H,2-3,5-18H2,1H3;1H. The molecule has 0 aromatic carbocycles. The molecule has 0 fully saturated rings. The number of halogens is 1. The highest BCUT2D eigenvalue weighted by Gasteiger charge is 1.96. The lowest BCUT2D eigenvalue weighted by molar-refractivity contribution is -0.137. The Bertz CT molecular complexity index is 242. The molecule has 0 saturated heterocycles. The minimum atomic E-state index is -0.301. The van der Waals surface area contributed by atoms with Crippen LogP contribution in [0.2, 0.25) is 0 Å². The minimum absolute atomic E-state index is 0. The van der Waals surface area contributed by atoms with Crippen molar-refractivity contribution in [1.29, 1.82) is 0 Å². The zero-order valence-electron chi connectivity index (χ0n) is 14.6. The Labute approximate surface area is 137 Å². The number of hydrogen-bond acceptors (Lipinski definition) is 2. The van der Waals surface area contributed by atoms with Crippen LogP contribution in [-0.2, 0) is 9.53 Å². The second kappa shape index (κ2) is 20.1. The van der Waals surface area contributed by atoms with Gasteiger partial charge in [0, 0.05) is 6.08 Å². The fourth-order valence-electron chi connectivity index (χ4n) is 2.53. The molecule has 2 nitrogen and oxygen atoms in total. The van der Waals surface area contributed by atoms with E-state index in [-0.39, 0.29) is 10.7 Å². The number of carbonyl (C=O) groups is 1. The van der Waals surface area contributed by atoms with Crippen molar-refractivity contribution in [2.75, 3.05) is 6.61 Å². The molecule has 0 aromatic rings. The zero-order valence-corrected chi connectivity index (χ0v) is 14.6. The topological polar surface area (TPSA) is 26.3 Å². The Morgan fingerprint density at radius 2 is 1.14 bits per heavy atom. The van der Waals surface area contributed by atoms with Crippen molar-refractivity contribution in [2.45, 2.75) is 96.8 Å². The van der Waals surface area contributed by atoms with Gasteiger partial charge in [0.05, 0.1) is 6.61 Å². The summed E-state index contributed by atoms with van der Waals surface area (Å²) in [7, 11) is 0. The molecule has 0 atom stereocenters. The van der Waals surface area contributed by atoms with Crippen molar-refractivity contribution >= 4 is 5.97 Å². The highest BCUT2D eigenvalue weighted by atomic mass is 19.0. The van der Waals surface area contributed by atoms with Crippen molar-refractivity contribution in [3.63, 3.8) is 0 Å². The van der Waals surface area contributed by atoms with Crippen LogP contribution < -0.4 is 0 Å². The number of unbranched alkanes of at least 4 members (excludes halogenated alkanes) is 13. The van der Waals surface area contributed by atoms with Crippen molar-refractivity contribution in [3.05, 3.63) is 12.7 Å². The fraction of sp³-hybridized carbons (Fsp3) is 0.842. The maximum Gasteiger partial charge on any atom is 0.330 e. The Balaban J connectivity index is 0. The molecule has 0 aliphatic heterocycles. The third-order valence-corrected chi connectivity index (χ3v) is 3.91. The molecule has 0 aromatic heterocycles. The maximum absolute atomic E-state index is 10.8. The van der Waals surface area contributed by atoms with Gasteiger partial charge in [-0.05, 0) is 6.42 Å². The third kappa shape index (κ3) is 19.1. The van der Waals surface area contributed by atoms with Crippen LogP contribution in [0.5, 0.6) is 0 Å². The average molecular weight is 317 g/mol. The van der Waals surface area contributed by atoms with E-state index in [1.165, 1.54) is 89.5 Å². The molecule has 0 N–H and O–H groups in total. The number of rotatable bonds is 16. The lowest BCUT2D eigenvalue weighted by Crippen LogP contribution is -2.01. The number of esters is 1. The predicted molar refractivity (Wildman–Crippen MR) is 94.0 cm³/mol. The first-order valence-electron chi connectivity index (χ1n) is 9.10. The first-order chi connectivity index (χ1) is 10.3. The largest absolute Gasteiger partial charge is 0.463 e. The number of hydrogen-bond donors (Lipinski definition) is 0. The Hall–Kier alpha value is -0.860. The summed E-state index contributed by atoms with van der Waals surface area (Å²) >= 11 is 0. The molecule has 0 bridgehead atoms. The van der Waals surface area contributed by atoms with Gasteiger partial charge in [-0.1, -0.05) is 97.0 Å². The quantitative estimate of drug-likeness (QED) is 0.188. The molecule has 0 heterocycles. The molecular formula is C19H37FO2. The molecule has 0 amide bonds. The smallest absolute Gasteiger partial charge is 0.330 e. The van der Waals surface area contributed by atoms with E-state index in [1.54, 1.807) is 0 Å². The molecule has 3 heteroatoms. The normalized spacial score (nSPS) is 10.0. The molecule has 0 aliphatic carbocycles. The van der Waals surface area contributed by atoms with E-state index >= 15 is 0 Å². The van der Waals surface area contributed by atoms with Crippen LogP contribution in [0.15, 0.2) is 12.7 Å². The monoisotopic (exact) mass is 316 g/mol. The van der Waals surface area contributed by atoms with Crippen LogP contribution in [0.1, 0.15) is 96.8 Å². The van der Waals surface area contributed by atoms with E-state index in [9.17, 15) is 4.79 Å². The van der Waals surface area contributed by atoms with Gasteiger partial charge in [0.2, 0.25) is 0 Å². The molecule has 22 heavy (non-hydrogen) atoms. The summed E-state index contributed by atoms with van der Waals surface area (Å²) in [4.78, 5) is 10.8. The summed E-state index contributed by atoms with van der Waals surface area (Å²) in [5, 5.41) is 0. The lowest BCUT2D eigenvalue weighted by atomic mass is 10.0. The molecule has 0 unspecified atom stereocenters. The first kappa shape index (κ1) is 23.4. The molecule has 0 spiro atoms. The highest BCUT2D eigenvalue weighted by Crippen LogP contribution is 2.12. The second-order valence-electron chi connectivity index (χ2n) is 5.97. The molecule has 132 valence electrons.